The molecule has 0 saturated heterocycles. The third-order valence-corrected chi connectivity index (χ3v) is 3.07. The summed E-state index contributed by atoms with van der Waals surface area (Å²) < 4.78 is 5.00. The number of rotatable bonds is 5. The van der Waals surface area contributed by atoms with Gasteiger partial charge in [-0.05, 0) is 25.0 Å². The molecule has 5 nitrogen and oxygen atoms in total. The summed E-state index contributed by atoms with van der Waals surface area (Å²) in [6, 6.07) is 5.09. The first-order valence-electron chi connectivity index (χ1n) is 6.08. The molecule has 0 atom stereocenters. The minimum atomic E-state index is -0.609. The second-order valence-electron chi connectivity index (χ2n) is 4.43. The van der Waals surface area contributed by atoms with E-state index in [1.165, 1.54) is 0 Å². The molecule has 3 N–H and O–H groups in total. The fourth-order valence-corrected chi connectivity index (χ4v) is 1.85. The first-order chi connectivity index (χ1) is 9.08. The molecule has 0 radical (unpaired) electrons. The number of nitrogen functional groups attached to an aromatic ring is 1. The minimum Gasteiger partial charge on any atom is -0.461 e. The van der Waals surface area contributed by atoms with Crippen LogP contribution in [0, 0.1) is 0 Å². The number of nitrogens with one attached hydrogen (secondary N) is 1. The van der Waals surface area contributed by atoms with Crippen LogP contribution in [0.1, 0.15) is 29.6 Å². The van der Waals surface area contributed by atoms with Gasteiger partial charge in [0.1, 0.15) is 12.2 Å². The highest BCUT2D eigenvalue weighted by Gasteiger charge is 2.23. The highest BCUT2D eigenvalue weighted by Crippen LogP contribution is 2.22. The molecule has 0 aliphatic heterocycles. The van der Waals surface area contributed by atoms with Crippen molar-refractivity contribution in [2.24, 2.45) is 0 Å². The Morgan fingerprint density at radius 2 is 2.16 bits per heavy atom. The van der Waals surface area contributed by atoms with E-state index in [-0.39, 0.29) is 35.2 Å². The lowest BCUT2D eigenvalue weighted by molar-refractivity contribution is -0.121. The Labute approximate surface area is 116 Å². The van der Waals surface area contributed by atoms with Gasteiger partial charge in [-0.15, -0.1) is 0 Å². The number of hydrogen-bond acceptors (Lipinski definition) is 4. The van der Waals surface area contributed by atoms with Crippen molar-refractivity contribution >= 4 is 29.2 Å². The Bertz CT molecular complexity index is 480. The van der Waals surface area contributed by atoms with Crippen LogP contribution in [0.2, 0.25) is 5.02 Å². The van der Waals surface area contributed by atoms with Gasteiger partial charge in [-0.3, -0.25) is 4.79 Å². The molecular formula is C13H15ClN2O3. The van der Waals surface area contributed by atoms with E-state index in [1.54, 1.807) is 18.2 Å². The van der Waals surface area contributed by atoms with E-state index in [0.29, 0.717) is 6.04 Å². The Kier molecular flexibility index (Phi) is 4.27. The molecular weight excluding hydrogens is 268 g/mol. The molecule has 0 heterocycles. The van der Waals surface area contributed by atoms with Gasteiger partial charge in [0.2, 0.25) is 5.91 Å². The quantitative estimate of drug-likeness (QED) is 0.637. The summed E-state index contributed by atoms with van der Waals surface area (Å²) in [6.07, 6.45) is 2.20. The average Bonchev–Trinajstić information content (AvgIpc) is 3.12. The summed E-state index contributed by atoms with van der Waals surface area (Å²) in [5.41, 5.74) is 6.07. The molecule has 0 aromatic heterocycles. The molecule has 1 saturated carbocycles. The molecule has 0 bridgehead atoms. The van der Waals surface area contributed by atoms with Crippen molar-refractivity contribution in [2.45, 2.75) is 25.3 Å². The van der Waals surface area contributed by atoms with Gasteiger partial charge < -0.3 is 15.8 Å². The van der Waals surface area contributed by atoms with E-state index in [1.807, 2.05) is 0 Å². The molecule has 2 rings (SSSR count). The number of nitrogens with two attached hydrogens (primary N) is 1. The van der Waals surface area contributed by atoms with Crippen molar-refractivity contribution in [2.75, 3.05) is 12.3 Å². The van der Waals surface area contributed by atoms with Crippen molar-refractivity contribution in [1.82, 2.24) is 5.32 Å². The molecule has 1 fully saturated rings. The molecule has 1 aliphatic carbocycles. The van der Waals surface area contributed by atoms with Gasteiger partial charge in [0.25, 0.3) is 0 Å². The van der Waals surface area contributed by atoms with Crippen LogP contribution >= 0.6 is 11.6 Å². The number of anilines is 1. The van der Waals surface area contributed by atoms with Gasteiger partial charge in [-0.25, -0.2) is 4.79 Å². The van der Waals surface area contributed by atoms with Crippen LogP contribution in [0.5, 0.6) is 0 Å². The average molecular weight is 283 g/mol. The highest BCUT2D eigenvalue weighted by molar-refractivity contribution is 6.34. The van der Waals surface area contributed by atoms with E-state index < -0.39 is 5.97 Å². The number of amides is 1. The lowest BCUT2D eigenvalue weighted by Gasteiger charge is -2.08. The van der Waals surface area contributed by atoms with Crippen LogP contribution in [0.3, 0.4) is 0 Å². The van der Waals surface area contributed by atoms with Crippen LogP contribution in [-0.4, -0.2) is 24.5 Å². The van der Waals surface area contributed by atoms with Crippen molar-refractivity contribution in [3.8, 4) is 0 Å². The van der Waals surface area contributed by atoms with Gasteiger partial charge in [-0.1, -0.05) is 17.7 Å². The SMILES string of the molecule is Nc1cccc(Cl)c1C(=O)OCCC(=O)NC1CC1. The molecule has 1 aromatic carbocycles. The standard InChI is InChI=1S/C13H15ClN2O3/c14-9-2-1-3-10(15)12(9)13(18)19-7-6-11(17)16-8-4-5-8/h1-3,8H,4-7,15H2,(H,16,17). The number of carbonyl (C=O) groups excluding carboxylic acids is 2. The summed E-state index contributed by atoms with van der Waals surface area (Å²) in [6.45, 7) is 0.0159. The van der Waals surface area contributed by atoms with Crippen molar-refractivity contribution in [3.63, 3.8) is 0 Å². The number of esters is 1. The lowest BCUT2D eigenvalue weighted by atomic mass is 10.2. The highest BCUT2D eigenvalue weighted by atomic mass is 35.5. The summed E-state index contributed by atoms with van der Waals surface area (Å²) in [7, 11) is 0. The molecule has 19 heavy (non-hydrogen) atoms. The van der Waals surface area contributed by atoms with Gasteiger partial charge in [-0.2, -0.15) is 0 Å². The van der Waals surface area contributed by atoms with Gasteiger partial charge in [0.15, 0.2) is 0 Å². The predicted molar refractivity (Wildman–Crippen MR) is 71.9 cm³/mol. The van der Waals surface area contributed by atoms with Crippen molar-refractivity contribution < 1.29 is 14.3 Å². The zero-order valence-corrected chi connectivity index (χ0v) is 11.1. The van der Waals surface area contributed by atoms with Crippen molar-refractivity contribution in [1.29, 1.82) is 0 Å². The summed E-state index contributed by atoms with van der Waals surface area (Å²) in [5, 5.41) is 3.05. The number of benzene rings is 1. The van der Waals surface area contributed by atoms with E-state index in [4.69, 9.17) is 22.1 Å². The summed E-state index contributed by atoms with van der Waals surface area (Å²) in [4.78, 5) is 23.2. The molecule has 102 valence electrons. The van der Waals surface area contributed by atoms with Gasteiger partial charge >= 0.3 is 5.97 Å². The van der Waals surface area contributed by atoms with Gasteiger partial charge in [0, 0.05) is 11.7 Å². The number of carbonyl (C=O) groups is 2. The third kappa shape index (κ3) is 3.86. The lowest BCUT2D eigenvalue weighted by Crippen LogP contribution is -2.26. The Morgan fingerprint density at radius 1 is 1.42 bits per heavy atom. The van der Waals surface area contributed by atoms with E-state index >= 15 is 0 Å². The van der Waals surface area contributed by atoms with Gasteiger partial charge in [0.05, 0.1) is 11.4 Å². The van der Waals surface area contributed by atoms with E-state index in [2.05, 4.69) is 5.32 Å². The number of halogens is 1. The molecule has 0 spiro atoms. The Morgan fingerprint density at radius 3 is 2.79 bits per heavy atom. The second kappa shape index (κ2) is 5.93. The van der Waals surface area contributed by atoms with Crippen molar-refractivity contribution in [3.05, 3.63) is 28.8 Å². The van der Waals surface area contributed by atoms with Crippen LogP contribution < -0.4 is 11.1 Å². The number of hydrogen-bond donors (Lipinski definition) is 2. The molecule has 1 aliphatic rings. The summed E-state index contributed by atoms with van der Waals surface area (Å²) in [5.74, 6) is -0.718. The maximum atomic E-state index is 11.8. The second-order valence-corrected chi connectivity index (χ2v) is 4.84. The van der Waals surface area contributed by atoms with Crippen LogP contribution in [-0.2, 0) is 9.53 Å². The molecule has 6 heteroatoms. The largest absolute Gasteiger partial charge is 0.461 e. The molecule has 1 amide bonds. The first kappa shape index (κ1) is 13.7. The van der Waals surface area contributed by atoms with Crippen LogP contribution in [0.15, 0.2) is 18.2 Å². The third-order valence-electron chi connectivity index (χ3n) is 2.75. The smallest absolute Gasteiger partial charge is 0.341 e. The van der Waals surface area contributed by atoms with Crippen LogP contribution in [0.25, 0.3) is 0 Å². The topological polar surface area (TPSA) is 81.4 Å². The normalized spacial score (nSPS) is 13.9. The monoisotopic (exact) mass is 282 g/mol. The fourth-order valence-electron chi connectivity index (χ4n) is 1.59. The van der Waals surface area contributed by atoms with Crippen LogP contribution in [0.4, 0.5) is 5.69 Å². The zero-order chi connectivity index (χ0) is 13.8. The first-order valence-corrected chi connectivity index (χ1v) is 6.46. The van der Waals surface area contributed by atoms with E-state index in [9.17, 15) is 9.59 Å². The predicted octanol–water partition coefficient (Wildman–Crippen LogP) is 1.75. The fraction of sp³-hybridized carbons (Fsp3) is 0.385. The maximum absolute atomic E-state index is 11.8. The number of ether oxygens (including phenoxy) is 1. The van der Waals surface area contributed by atoms with E-state index in [0.717, 1.165) is 12.8 Å². The maximum Gasteiger partial charge on any atom is 0.341 e. The zero-order valence-electron chi connectivity index (χ0n) is 10.3. The Hall–Kier alpha value is -1.75. The Balaban J connectivity index is 1.82. The molecule has 0 unspecified atom stereocenters. The summed E-state index contributed by atoms with van der Waals surface area (Å²) >= 11 is 5.88. The molecule has 1 aromatic rings. The minimum absolute atomic E-state index is 0.0159.